The van der Waals surface area contributed by atoms with Crippen LogP contribution >= 0.6 is 0 Å². The molecule has 5 rings (SSSR count). The van der Waals surface area contributed by atoms with E-state index in [1.807, 2.05) is 18.2 Å². The van der Waals surface area contributed by atoms with Crippen LogP contribution in [0.1, 0.15) is 18.4 Å². The second-order valence-corrected chi connectivity index (χ2v) is 9.63. The van der Waals surface area contributed by atoms with Crippen LogP contribution in [0.4, 0.5) is 22.9 Å². The van der Waals surface area contributed by atoms with E-state index in [9.17, 15) is 24.5 Å². The number of piperidine rings is 2. The zero-order chi connectivity index (χ0) is 26.3. The van der Waals surface area contributed by atoms with Gasteiger partial charge in [0.2, 0.25) is 18.2 Å². The number of rotatable bonds is 6. The highest BCUT2D eigenvalue weighted by Gasteiger charge is 2.55. The van der Waals surface area contributed by atoms with E-state index in [0.29, 0.717) is 41.6 Å². The summed E-state index contributed by atoms with van der Waals surface area (Å²) in [7, 11) is 3.43. The van der Waals surface area contributed by atoms with Crippen molar-refractivity contribution in [2.75, 3.05) is 41.9 Å². The van der Waals surface area contributed by atoms with Gasteiger partial charge in [0.1, 0.15) is 6.04 Å². The van der Waals surface area contributed by atoms with Crippen molar-refractivity contribution < 1.29 is 19.3 Å². The Morgan fingerprint density at radius 2 is 1.95 bits per heavy atom. The van der Waals surface area contributed by atoms with Crippen molar-refractivity contribution in [2.45, 2.75) is 18.9 Å². The summed E-state index contributed by atoms with van der Waals surface area (Å²) in [4.78, 5) is 55.4. The van der Waals surface area contributed by atoms with Crippen LogP contribution in [0.2, 0.25) is 0 Å². The Morgan fingerprint density at radius 3 is 2.57 bits per heavy atom. The van der Waals surface area contributed by atoms with Crippen LogP contribution in [0.3, 0.4) is 0 Å². The van der Waals surface area contributed by atoms with Gasteiger partial charge in [0.05, 0.1) is 22.6 Å². The number of carbonyl (C=O) groups is 3. The van der Waals surface area contributed by atoms with Gasteiger partial charge in [-0.05, 0) is 46.4 Å². The lowest BCUT2D eigenvalue weighted by Gasteiger charge is -2.33. The Balaban J connectivity index is 1.32. The van der Waals surface area contributed by atoms with Crippen molar-refractivity contribution in [3.05, 3.63) is 52.2 Å². The Bertz CT molecular complexity index is 1320. The van der Waals surface area contributed by atoms with Gasteiger partial charge in [-0.25, -0.2) is 0 Å². The molecular weight excluding hydrogens is 476 g/mol. The van der Waals surface area contributed by atoms with Crippen LogP contribution in [0, 0.1) is 39.7 Å². The number of imide groups is 1. The van der Waals surface area contributed by atoms with Gasteiger partial charge in [0.15, 0.2) is 6.20 Å². The average molecular weight is 503 g/mol. The van der Waals surface area contributed by atoms with E-state index < -0.39 is 11.0 Å². The summed E-state index contributed by atoms with van der Waals surface area (Å²) in [5.74, 6) is 6.90. The van der Waals surface area contributed by atoms with Gasteiger partial charge < -0.3 is 24.8 Å². The van der Waals surface area contributed by atoms with Crippen LogP contribution in [-0.2, 0) is 14.4 Å². The molecule has 190 valence electrons. The van der Waals surface area contributed by atoms with Crippen molar-refractivity contribution in [3.63, 3.8) is 0 Å². The maximum atomic E-state index is 12.4. The lowest BCUT2D eigenvalue weighted by molar-refractivity contribution is -0.389. The molecule has 0 radical (unpaired) electrons. The quantitative estimate of drug-likeness (QED) is 0.207. The number of hydrogen-bond donors (Lipinski definition) is 1. The number of likely N-dealkylation sites (N-methyl/N-ethyl adjacent to an activating group) is 1. The van der Waals surface area contributed by atoms with Gasteiger partial charge in [-0.1, -0.05) is 17.9 Å². The number of hydrogen-bond acceptors (Lipinski definition) is 8. The number of carbonyl (C=O) groups excluding carboxylic acids is 3. The van der Waals surface area contributed by atoms with Crippen molar-refractivity contribution >= 4 is 41.1 Å². The molecule has 0 spiro atoms. The van der Waals surface area contributed by atoms with Crippen LogP contribution in [0.25, 0.3) is 0 Å². The first-order valence-corrected chi connectivity index (χ1v) is 12.0. The van der Waals surface area contributed by atoms with Crippen molar-refractivity contribution in [2.24, 2.45) is 17.8 Å². The molecule has 1 aromatic heterocycles. The summed E-state index contributed by atoms with van der Waals surface area (Å²) < 4.78 is 0. The molecule has 1 aliphatic carbocycles. The van der Waals surface area contributed by atoms with Gasteiger partial charge >= 0.3 is 5.82 Å². The van der Waals surface area contributed by atoms with Gasteiger partial charge in [0.25, 0.3) is 0 Å². The number of nitrogens with one attached hydrogen (secondary N) is 1. The van der Waals surface area contributed by atoms with E-state index >= 15 is 0 Å². The molecule has 3 atom stereocenters. The third-order valence-corrected chi connectivity index (χ3v) is 7.44. The Kier molecular flexibility index (Phi) is 6.25. The van der Waals surface area contributed by atoms with E-state index in [0.717, 1.165) is 18.8 Å². The van der Waals surface area contributed by atoms with Crippen molar-refractivity contribution in [3.8, 4) is 11.8 Å². The standard InChI is InChI=1S/C26H26N6O5/c1-29(15-33)25-16(4-3-5-21(25)30(2)22-9-11-24(34)28-26(22)35)6-8-18-19-13-31(14-20(18)19)17-7-10-23(27-12-17)32(36)37/h3-5,7,10,12,15,18-20,22H,9,11,13-14H2,1-2H3,(H,28,34,35). The maximum absolute atomic E-state index is 12.4. The molecule has 2 aromatic rings. The molecule has 2 saturated heterocycles. The van der Waals surface area contributed by atoms with Crippen LogP contribution in [-0.4, -0.2) is 61.4 Å². The number of nitrogens with zero attached hydrogens (tertiary/aromatic N) is 5. The summed E-state index contributed by atoms with van der Waals surface area (Å²) >= 11 is 0. The molecule has 11 heteroatoms. The van der Waals surface area contributed by atoms with Gasteiger partial charge in [-0.2, -0.15) is 0 Å². The van der Waals surface area contributed by atoms with Gasteiger partial charge in [-0.3, -0.25) is 19.7 Å². The Labute approximate surface area is 213 Å². The highest BCUT2D eigenvalue weighted by molar-refractivity contribution is 6.02. The fourth-order valence-electron chi connectivity index (χ4n) is 5.35. The largest absolute Gasteiger partial charge is 0.368 e. The molecule has 1 saturated carbocycles. The van der Waals surface area contributed by atoms with E-state index in [2.05, 4.69) is 27.0 Å². The second-order valence-electron chi connectivity index (χ2n) is 9.63. The molecule has 2 aliphatic heterocycles. The molecule has 3 heterocycles. The monoisotopic (exact) mass is 502 g/mol. The smallest absolute Gasteiger partial charge is 0.363 e. The molecule has 37 heavy (non-hydrogen) atoms. The molecule has 3 aliphatic rings. The van der Waals surface area contributed by atoms with Gasteiger partial charge in [0, 0.05) is 45.6 Å². The third-order valence-electron chi connectivity index (χ3n) is 7.44. The molecule has 3 amide bonds. The molecule has 3 unspecified atom stereocenters. The van der Waals surface area contributed by atoms with E-state index in [-0.39, 0.29) is 30.0 Å². The number of aromatic nitrogens is 1. The Morgan fingerprint density at radius 1 is 1.19 bits per heavy atom. The van der Waals surface area contributed by atoms with Crippen molar-refractivity contribution in [1.82, 2.24) is 10.3 Å². The maximum Gasteiger partial charge on any atom is 0.363 e. The molecule has 3 fully saturated rings. The first-order chi connectivity index (χ1) is 17.8. The summed E-state index contributed by atoms with van der Waals surface area (Å²) in [5, 5.41) is 13.2. The number of benzene rings is 1. The van der Waals surface area contributed by atoms with Crippen LogP contribution in [0.15, 0.2) is 36.5 Å². The third kappa shape index (κ3) is 4.58. The molecule has 11 nitrogen and oxygen atoms in total. The zero-order valence-corrected chi connectivity index (χ0v) is 20.5. The fourth-order valence-corrected chi connectivity index (χ4v) is 5.35. The molecule has 1 N–H and O–H groups in total. The van der Waals surface area contributed by atoms with E-state index in [4.69, 9.17) is 0 Å². The number of nitro groups is 1. The van der Waals surface area contributed by atoms with E-state index in [1.54, 1.807) is 25.1 Å². The summed E-state index contributed by atoms with van der Waals surface area (Å²) in [5.41, 5.74) is 2.85. The molecule has 1 aromatic carbocycles. The predicted octanol–water partition coefficient (Wildman–Crippen LogP) is 1.56. The Hall–Kier alpha value is -4.46. The number of fused-ring (bicyclic) bond motifs is 1. The SMILES string of the molecule is CN(C=O)c1c(C#CC2C3CN(c4ccc([N+](=O)[O-])nc4)CC23)cccc1N(C)C1CCC(=O)NC1=O. The zero-order valence-electron chi connectivity index (χ0n) is 20.5. The average Bonchev–Trinajstić information content (AvgIpc) is 3.34. The highest BCUT2D eigenvalue weighted by atomic mass is 16.6. The van der Waals surface area contributed by atoms with Crippen molar-refractivity contribution in [1.29, 1.82) is 0 Å². The summed E-state index contributed by atoms with van der Waals surface area (Å²) in [6, 6.07) is 8.16. The van der Waals surface area contributed by atoms with Gasteiger partial charge in [-0.15, -0.1) is 0 Å². The highest BCUT2D eigenvalue weighted by Crippen LogP contribution is 2.52. The minimum Gasteiger partial charge on any atom is -0.368 e. The molecular formula is C26H26N6O5. The van der Waals surface area contributed by atoms with Crippen LogP contribution in [0.5, 0.6) is 0 Å². The predicted molar refractivity (Wildman–Crippen MR) is 136 cm³/mol. The fraction of sp³-hybridized carbons (Fsp3) is 0.385. The van der Waals surface area contributed by atoms with Crippen LogP contribution < -0.4 is 20.0 Å². The number of pyridine rings is 1. The normalized spacial score (nSPS) is 23.9. The lowest BCUT2D eigenvalue weighted by atomic mass is 10.0. The minimum atomic E-state index is -0.526. The topological polar surface area (TPSA) is 129 Å². The molecule has 0 bridgehead atoms. The number of amides is 3. The second kappa shape index (κ2) is 9.54. The lowest BCUT2D eigenvalue weighted by Crippen LogP contribution is -2.51. The summed E-state index contributed by atoms with van der Waals surface area (Å²) in [6.07, 6.45) is 2.91. The first kappa shape index (κ1) is 24.2. The minimum absolute atomic E-state index is 0.168. The first-order valence-electron chi connectivity index (χ1n) is 12.0. The number of para-hydroxylation sites is 1. The number of anilines is 3. The summed E-state index contributed by atoms with van der Waals surface area (Å²) in [6.45, 7) is 1.62. The van der Waals surface area contributed by atoms with E-state index in [1.165, 1.54) is 17.2 Å².